The second-order valence-electron chi connectivity index (χ2n) is 7.31. The van der Waals surface area contributed by atoms with Crippen molar-refractivity contribution in [2.24, 2.45) is 0 Å². The number of aliphatic hydroxyl groups is 1. The lowest BCUT2D eigenvalue weighted by molar-refractivity contribution is 0.0525. The minimum Gasteiger partial charge on any atom is -0.491 e. The molecular formula is C22H25N3O6. The van der Waals surface area contributed by atoms with Gasteiger partial charge < -0.3 is 14.6 Å². The molecule has 1 aromatic carbocycles. The van der Waals surface area contributed by atoms with Gasteiger partial charge in [-0.3, -0.25) is 13.9 Å². The van der Waals surface area contributed by atoms with Gasteiger partial charge in [0.15, 0.2) is 0 Å². The summed E-state index contributed by atoms with van der Waals surface area (Å²) in [5.74, 6) is -0.143. The molecule has 2 heterocycles. The van der Waals surface area contributed by atoms with Gasteiger partial charge in [0.1, 0.15) is 30.1 Å². The molecule has 0 amide bonds. The lowest BCUT2D eigenvalue weighted by Gasteiger charge is -2.17. The second-order valence-corrected chi connectivity index (χ2v) is 7.31. The number of rotatable bonds is 7. The Labute approximate surface area is 179 Å². The smallest absolute Gasteiger partial charge is 0.338 e. The summed E-state index contributed by atoms with van der Waals surface area (Å²) in [7, 11) is 0. The van der Waals surface area contributed by atoms with E-state index in [1.165, 1.54) is 10.6 Å². The van der Waals surface area contributed by atoms with Gasteiger partial charge in [-0.2, -0.15) is 5.26 Å². The van der Waals surface area contributed by atoms with Crippen molar-refractivity contribution in [2.45, 2.75) is 51.8 Å². The standard InChI is InChI=1S/C22H25N3O6/c1-2-30-21(28)15-7-6-8-17(11-15)31-14-16(26)13-25-20(27)18(12-23)19-9-4-3-5-10-24(19)22(25)29/h6-8,11,16,26H,2-5,9-10,13-14H2,1H3. The Morgan fingerprint density at radius 2 is 2.10 bits per heavy atom. The van der Waals surface area contributed by atoms with Crippen LogP contribution in [0.25, 0.3) is 0 Å². The van der Waals surface area contributed by atoms with E-state index in [9.17, 15) is 24.8 Å². The molecule has 31 heavy (non-hydrogen) atoms. The molecule has 1 N–H and O–H groups in total. The number of ether oxygens (including phenoxy) is 2. The molecular weight excluding hydrogens is 402 g/mol. The van der Waals surface area contributed by atoms with E-state index in [-0.39, 0.29) is 25.3 Å². The van der Waals surface area contributed by atoms with Crippen LogP contribution >= 0.6 is 0 Å². The maximum absolute atomic E-state index is 12.9. The fraction of sp³-hybridized carbons (Fsp3) is 0.455. The third-order valence-corrected chi connectivity index (χ3v) is 5.12. The van der Waals surface area contributed by atoms with Gasteiger partial charge in [0.2, 0.25) is 0 Å². The number of carbonyl (C=O) groups excluding carboxylic acids is 1. The number of hydrogen-bond donors (Lipinski definition) is 1. The number of esters is 1. The molecule has 3 rings (SSSR count). The Bertz CT molecular complexity index is 1110. The highest BCUT2D eigenvalue weighted by Crippen LogP contribution is 2.16. The van der Waals surface area contributed by atoms with Crippen LogP contribution in [0.1, 0.15) is 47.8 Å². The number of fused-ring (bicyclic) bond motifs is 1. The predicted octanol–water partition coefficient (Wildman–Crippen LogP) is 1.22. The van der Waals surface area contributed by atoms with Crippen molar-refractivity contribution in [1.29, 1.82) is 5.26 Å². The normalized spacial score (nSPS) is 14.1. The molecule has 2 aromatic rings. The van der Waals surface area contributed by atoms with Crippen LogP contribution in [0.5, 0.6) is 5.75 Å². The summed E-state index contributed by atoms with van der Waals surface area (Å²) < 4.78 is 12.9. The topological polar surface area (TPSA) is 124 Å². The highest BCUT2D eigenvalue weighted by molar-refractivity contribution is 5.89. The van der Waals surface area contributed by atoms with E-state index in [4.69, 9.17) is 9.47 Å². The number of aliphatic hydroxyl groups excluding tert-OH is 1. The molecule has 0 fully saturated rings. The molecule has 1 aliphatic heterocycles. The zero-order valence-electron chi connectivity index (χ0n) is 17.4. The quantitative estimate of drug-likeness (QED) is 0.659. The van der Waals surface area contributed by atoms with E-state index >= 15 is 0 Å². The predicted molar refractivity (Wildman–Crippen MR) is 111 cm³/mol. The van der Waals surface area contributed by atoms with Crippen LogP contribution in [0.15, 0.2) is 33.9 Å². The fourth-order valence-corrected chi connectivity index (χ4v) is 3.63. The number of nitrogens with zero attached hydrogens (tertiary/aromatic N) is 3. The number of benzene rings is 1. The summed E-state index contributed by atoms with van der Waals surface area (Å²) in [5.41, 5.74) is -0.467. The first-order valence-corrected chi connectivity index (χ1v) is 10.3. The summed E-state index contributed by atoms with van der Waals surface area (Å²) in [5, 5.41) is 19.9. The fourth-order valence-electron chi connectivity index (χ4n) is 3.63. The van der Waals surface area contributed by atoms with Gasteiger partial charge in [0.05, 0.1) is 18.7 Å². The number of hydrogen-bond acceptors (Lipinski definition) is 7. The molecule has 0 bridgehead atoms. The molecule has 0 aliphatic carbocycles. The summed E-state index contributed by atoms with van der Waals surface area (Å²) in [6, 6.07) is 8.24. The molecule has 0 saturated carbocycles. The van der Waals surface area contributed by atoms with Crippen LogP contribution in [0, 0.1) is 11.3 Å². The first-order valence-electron chi connectivity index (χ1n) is 10.3. The minimum atomic E-state index is -1.17. The maximum Gasteiger partial charge on any atom is 0.338 e. The van der Waals surface area contributed by atoms with Crippen molar-refractivity contribution in [3.63, 3.8) is 0 Å². The Balaban J connectivity index is 1.76. The monoisotopic (exact) mass is 427 g/mol. The lowest BCUT2D eigenvalue weighted by Crippen LogP contribution is -2.45. The Kier molecular flexibility index (Phi) is 7.26. The van der Waals surface area contributed by atoms with Gasteiger partial charge >= 0.3 is 11.7 Å². The minimum absolute atomic E-state index is 0.0447. The molecule has 1 aliphatic rings. The Hall–Kier alpha value is -3.38. The molecule has 1 aromatic heterocycles. The van der Waals surface area contributed by atoms with Gasteiger partial charge in [-0.25, -0.2) is 9.59 Å². The van der Waals surface area contributed by atoms with Crippen LogP contribution in [-0.2, 0) is 24.2 Å². The third kappa shape index (κ3) is 5.03. The highest BCUT2D eigenvalue weighted by atomic mass is 16.5. The van der Waals surface area contributed by atoms with Crippen molar-refractivity contribution in [1.82, 2.24) is 9.13 Å². The largest absolute Gasteiger partial charge is 0.491 e. The van der Waals surface area contributed by atoms with E-state index in [2.05, 4.69) is 0 Å². The summed E-state index contributed by atoms with van der Waals surface area (Å²) in [4.78, 5) is 37.4. The van der Waals surface area contributed by atoms with E-state index in [0.29, 0.717) is 30.0 Å². The van der Waals surface area contributed by atoms with Gasteiger partial charge in [-0.1, -0.05) is 12.5 Å². The SMILES string of the molecule is CCOC(=O)c1cccc(OCC(O)Cn2c(=O)c(C#N)c3n(c2=O)CCCCC3)c1. The first-order chi connectivity index (χ1) is 15.0. The molecule has 9 nitrogen and oxygen atoms in total. The van der Waals surface area contributed by atoms with Gasteiger partial charge in [-0.15, -0.1) is 0 Å². The molecule has 0 radical (unpaired) electrons. The number of aromatic nitrogens is 2. The van der Waals surface area contributed by atoms with E-state index < -0.39 is 23.3 Å². The van der Waals surface area contributed by atoms with Crippen molar-refractivity contribution in [3.8, 4) is 11.8 Å². The maximum atomic E-state index is 12.9. The van der Waals surface area contributed by atoms with Crippen LogP contribution in [0.4, 0.5) is 0 Å². The summed E-state index contributed by atoms with van der Waals surface area (Å²) in [6.45, 7) is 1.89. The van der Waals surface area contributed by atoms with Gasteiger partial charge in [-0.05, 0) is 44.4 Å². The van der Waals surface area contributed by atoms with E-state index in [1.54, 1.807) is 25.1 Å². The van der Waals surface area contributed by atoms with Crippen molar-refractivity contribution >= 4 is 5.97 Å². The number of nitriles is 1. The average Bonchev–Trinajstić information content (AvgIpc) is 3.02. The van der Waals surface area contributed by atoms with Crippen LogP contribution in [-0.4, -0.2) is 39.5 Å². The summed E-state index contributed by atoms with van der Waals surface area (Å²) >= 11 is 0. The van der Waals surface area contributed by atoms with Gasteiger partial charge in [0.25, 0.3) is 5.56 Å². The van der Waals surface area contributed by atoms with Crippen molar-refractivity contribution < 1.29 is 19.4 Å². The zero-order chi connectivity index (χ0) is 22.4. The molecule has 1 unspecified atom stereocenters. The van der Waals surface area contributed by atoms with Gasteiger partial charge in [0, 0.05) is 12.2 Å². The Morgan fingerprint density at radius 3 is 2.84 bits per heavy atom. The molecule has 0 spiro atoms. The van der Waals surface area contributed by atoms with Crippen LogP contribution in [0.2, 0.25) is 0 Å². The summed E-state index contributed by atoms with van der Waals surface area (Å²) in [6.07, 6.45) is 1.86. The Morgan fingerprint density at radius 1 is 1.29 bits per heavy atom. The first kappa shape index (κ1) is 22.3. The van der Waals surface area contributed by atoms with Crippen LogP contribution < -0.4 is 16.0 Å². The molecule has 9 heteroatoms. The number of carbonyl (C=O) groups is 1. The van der Waals surface area contributed by atoms with E-state index in [1.807, 2.05) is 6.07 Å². The molecule has 164 valence electrons. The average molecular weight is 427 g/mol. The van der Waals surface area contributed by atoms with Crippen molar-refractivity contribution in [2.75, 3.05) is 13.2 Å². The second kappa shape index (κ2) is 10.1. The molecule has 1 atom stereocenters. The van der Waals surface area contributed by atoms with E-state index in [0.717, 1.165) is 23.8 Å². The van der Waals surface area contributed by atoms with Crippen molar-refractivity contribution in [3.05, 3.63) is 61.9 Å². The lowest BCUT2D eigenvalue weighted by atomic mass is 10.1. The highest BCUT2D eigenvalue weighted by Gasteiger charge is 2.22. The zero-order valence-corrected chi connectivity index (χ0v) is 17.4. The molecule has 0 saturated heterocycles. The third-order valence-electron chi connectivity index (χ3n) is 5.12. The van der Waals surface area contributed by atoms with Crippen LogP contribution in [0.3, 0.4) is 0 Å².